The predicted octanol–water partition coefficient (Wildman–Crippen LogP) is 0.798. The molecule has 0 aliphatic rings. The van der Waals surface area contributed by atoms with Crippen LogP contribution in [0.2, 0.25) is 0 Å². The Hall–Kier alpha value is -2.44. The molecule has 0 aliphatic carbocycles. The van der Waals surface area contributed by atoms with Crippen LogP contribution in [-0.4, -0.2) is 27.9 Å². The Kier molecular flexibility index (Phi) is 3.76. The molecule has 0 aromatic heterocycles. The molecule has 2 N–H and O–H groups in total. The molecule has 0 radical (unpaired) electrons. The number of hydrogen-bond donors (Lipinski definition) is 2. The molecule has 1 aromatic carbocycles. The van der Waals surface area contributed by atoms with Gasteiger partial charge in [0.25, 0.3) is 11.6 Å². The molecule has 0 saturated carbocycles. The van der Waals surface area contributed by atoms with Crippen LogP contribution in [0.15, 0.2) is 24.3 Å². The van der Waals surface area contributed by atoms with Crippen molar-refractivity contribution in [2.75, 3.05) is 0 Å². The number of para-hydroxylation sites is 1. The topological polar surface area (TPSA) is 110 Å². The summed E-state index contributed by atoms with van der Waals surface area (Å²) in [6.07, 6.45) is 0. The molecule has 7 nitrogen and oxygen atoms in total. The summed E-state index contributed by atoms with van der Waals surface area (Å²) in [6.45, 7) is 1.27. The van der Waals surface area contributed by atoms with E-state index in [1.54, 1.807) is 0 Å². The minimum absolute atomic E-state index is 0.161. The zero-order valence-electron chi connectivity index (χ0n) is 8.91. The molecular formula is C10H10N2O5. The van der Waals surface area contributed by atoms with Crippen LogP contribution in [0.5, 0.6) is 0 Å². The number of aliphatic carboxylic acids is 1. The van der Waals surface area contributed by atoms with Crippen molar-refractivity contribution < 1.29 is 19.6 Å². The molecule has 17 heavy (non-hydrogen) atoms. The molecule has 0 fully saturated rings. The van der Waals surface area contributed by atoms with Crippen molar-refractivity contribution in [3.63, 3.8) is 0 Å². The second-order valence-electron chi connectivity index (χ2n) is 3.31. The van der Waals surface area contributed by atoms with Crippen molar-refractivity contribution in [3.05, 3.63) is 39.9 Å². The molecular weight excluding hydrogens is 228 g/mol. The lowest BCUT2D eigenvalue weighted by molar-refractivity contribution is -0.385. The molecule has 7 heteroatoms. The predicted molar refractivity (Wildman–Crippen MR) is 57.7 cm³/mol. The van der Waals surface area contributed by atoms with Gasteiger partial charge in [-0.1, -0.05) is 12.1 Å². The van der Waals surface area contributed by atoms with Gasteiger partial charge in [-0.3, -0.25) is 19.7 Å². The number of carboxylic acid groups (broad SMARTS) is 1. The van der Waals surface area contributed by atoms with Crippen LogP contribution in [0, 0.1) is 10.1 Å². The van der Waals surface area contributed by atoms with Gasteiger partial charge in [-0.15, -0.1) is 0 Å². The maximum Gasteiger partial charge on any atom is 0.325 e. The van der Waals surface area contributed by atoms with Crippen LogP contribution in [0.3, 0.4) is 0 Å². The summed E-state index contributed by atoms with van der Waals surface area (Å²) < 4.78 is 0. The van der Waals surface area contributed by atoms with Crippen molar-refractivity contribution in [3.8, 4) is 0 Å². The molecule has 0 aliphatic heterocycles. The Morgan fingerprint density at radius 1 is 1.41 bits per heavy atom. The first-order chi connectivity index (χ1) is 7.93. The molecule has 1 atom stereocenters. The third-order valence-electron chi connectivity index (χ3n) is 2.06. The van der Waals surface area contributed by atoms with Gasteiger partial charge in [0.15, 0.2) is 0 Å². The second-order valence-corrected chi connectivity index (χ2v) is 3.31. The average Bonchev–Trinajstić information content (AvgIpc) is 2.28. The number of rotatable bonds is 4. The zero-order valence-corrected chi connectivity index (χ0v) is 8.91. The van der Waals surface area contributed by atoms with E-state index in [9.17, 15) is 19.7 Å². The molecule has 0 saturated heterocycles. The van der Waals surface area contributed by atoms with Crippen LogP contribution in [0.4, 0.5) is 5.69 Å². The first kappa shape index (κ1) is 12.6. The number of nitrogens with one attached hydrogen (secondary N) is 1. The number of amides is 1. The van der Waals surface area contributed by atoms with E-state index in [1.165, 1.54) is 31.2 Å². The average molecular weight is 238 g/mol. The summed E-state index contributed by atoms with van der Waals surface area (Å²) in [5, 5.41) is 21.4. The fraction of sp³-hybridized carbons (Fsp3) is 0.200. The summed E-state index contributed by atoms with van der Waals surface area (Å²) in [4.78, 5) is 32.1. The van der Waals surface area contributed by atoms with E-state index in [0.29, 0.717) is 0 Å². The Bertz CT molecular complexity index is 472. The SMILES string of the molecule is C[C@H](NC(=O)c1ccccc1[N+](=O)[O-])C(=O)O. The number of nitro groups is 1. The van der Waals surface area contributed by atoms with E-state index in [1.807, 2.05) is 0 Å². The van der Waals surface area contributed by atoms with Gasteiger partial charge in [0, 0.05) is 6.07 Å². The Balaban J connectivity index is 2.97. The lowest BCUT2D eigenvalue weighted by atomic mass is 10.1. The van der Waals surface area contributed by atoms with Gasteiger partial charge in [-0.2, -0.15) is 0 Å². The maximum absolute atomic E-state index is 11.6. The molecule has 0 heterocycles. The number of carboxylic acids is 1. The minimum Gasteiger partial charge on any atom is -0.480 e. The summed E-state index contributed by atoms with van der Waals surface area (Å²) in [5.74, 6) is -2.00. The Morgan fingerprint density at radius 2 is 2.00 bits per heavy atom. The largest absolute Gasteiger partial charge is 0.480 e. The quantitative estimate of drug-likeness (QED) is 0.595. The lowest BCUT2D eigenvalue weighted by Gasteiger charge is -2.09. The van der Waals surface area contributed by atoms with Crippen LogP contribution in [-0.2, 0) is 4.79 Å². The van der Waals surface area contributed by atoms with Crippen molar-refractivity contribution in [1.29, 1.82) is 0 Å². The summed E-state index contributed by atoms with van der Waals surface area (Å²) >= 11 is 0. The van der Waals surface area contributed by atoms with Crippen LogP contribution in [0.25, 0.3) is 0 Å². The van der Waals surface area contributed by atoms with Crippen LogP contribution < -0.4 is 5.32 Å². The van der Waals surface area contributed by atoms with Crippen LogP contribution in [0.1, 0.15) is 17.3 Å². The highest BCUT2D eigenvalue weighted by Gasteiger charge is 2.22. The standard InChI is InChI=1S/C10H10N2O5/c1-6(10(14)15)11-9(13)7-4-2-3-5-8(7)12(16)17/h2-6H,1H3,(H,11,13)(H,14,15)/t6-/m0/s1. The van der Waals surface area contributed by atoms with Crippen molar-refractivity contribution in [1.82, 2.24) is 5.32 Å². The number of benzene rings is 1. The smallest absolute Gasteiger partial charge is 0.325 e. The lowest BCUT2D eigenvalue weighted by Crippen LogP contribution is -2.38. The number of hydrogen-bond acceptors (Lipinski definition) is 4. The first-order valence-corrected chi connectivity index (χ1v) is 4.70. The summed E-state index contributed by atoms with van der Waals surface area (Å²) in [7, 11) is 0. The van der Waals surface area contributed by atoms with Crippen molar-refractivity contribution in [2.24, 2.45) is 0 Å². The monoisotopic (exact) mass is 238 g/mol. The van der Waals surface area contributed by atoms with Gasteiger partial charge in [-0.05, 0) is 13.0 Å². The number of nitrogens with zero attached hydrogens (tertiary/aromatic N) is 1. The van der Waals surface area contributed by atoms with E-state index < -0.39 is 22.8 Å². The highest BCUT2D eigenvalue weighted by Crippen LogP contribution is 2.17. The molecule has 0 spiro atoms. The summed E-state index contributed by atoms with van der Waals surface area (Å²) in [5.41, 5.74) is -0.520. The van der Waals surface area contributed by atoms with E-state index in [0.717, 1.165) is 0 Å². The van der Waals surface area contributed by atoms with Crippen molar-refractivity contribution >= 4 is 17.6 Å². The Morgan fingerprint density at radius 3 is 2.53 bits per heavy atom. The van der Waals surface area contributed by atoms with Gasteiger partial charge in [-0.25, -0.2) is 0 Å². The minimum atomic E-state index is -1.21. The van der Waals surface area contributed by atoms with E-state index in [4.69, 9.17) is 5.11 Å². The fourth-order valence-electron chi connectivity index (χ4n) is 1.16. The maximum atomic E-state index is 11.6. The highest BCUT2D eigenvalue weighted by atomic mass is 16.6. The molecule has 1 amide bonds. The third kappa shape index (κ3) is 3.00. The molecule has 1 rings (SSSR count). The number of carbonyl (C=O) groups excluding carboxylic acids is 1. The second kappa shape index (κ2) is 5.06. The number of nitro benzene ring substituents is 1. The Labute approximate surface area is 96.2 Å². The van der Waals surface area contributed by atoms with Gasteiger partial charge in [0.05, 0.1) is 4.92 Å². The van der Waals surface area contributed by atoms with E-state index in [2.05, 4.69) is 5.32 Å². The van der Waals surface area contributed by atoms with E-state index >= 15 is 0 Å². The highest BCUT2D eigenvalue weighted by molar-refractivity contribution is 5.99. The van der Waals surface area contributed by atoms with Crippen LogP contribution >= 0.6 is 0 Å². The normalized spacial score (nSPS) is 11.6. The molecule has 1 aromatic rings. The molecule has 0 bridgehead atoms. The first-order valence-electron chi connectivity index (χ1n) is 4.70. The number of carbonyl (C=O) groups is 2. The van der Waals surface area contributed by atoms with E-state index in [-0.39, 0.29) is 11.3 Å². The molecule has 0 unspecified atom stereocenters. The fourth-order valence-corrected chi connectivity index (χ4v) is 1.16. The third-order valence-corrected chi connectivity index (χ3v) is 2.06. The van der Waals surface area contributed by atoms with Gasteiger partial charge in [0.1, 0.15) is 11.6 Å². The summed E-state index contributed by atoms with van der Waals surface area (Å²) in [6, 6.07) is 4.23. The van der Waals surface area contributed by atoms with Gasteiger partial charge < -0.3 is 10.4 Å². The van der Waals surface area contributed by atoms with Crippen molar-refractivity contribution in [2.45, 2.75) is 13.0 Å². The van der Waals surface area contributed by atoms with Gasteiger partial charge >= 0.3 is 5.97 Å². The zero-order chi connectivity index (χ0) is 13.0. The van der Waals surface area contributed by atoms with Gasteiger partial charge in [0.2, 0.25) is 0 Å². The molecule has 90 valence electrons.